The predicted octanol–water partition coefficient (Wildman–Crippen LogP) is 3.81. The minimum Gasteiger partial charge on any atom is -0.434 e. The topological polar surface area (TPSA) is 35.2 Å². The summed E-state index contributed by atoms with van der Waals surface area (Å²) in [7, 11) is 0. The summed E-state index contributed by atoms with van der Waals surface area (Å²) < 4.78 is 55.1. The molecule has 0 atom stereocenters. The molecule has 0 spiro atoms. The van der Waals surface area contributed by atoms with E-state index in [0.29, 0.717) is 24.0 Å². The second-order valence-corrected chi connectivity index (χ2v) is 4.80. The molecule has 0 unspecified atom stereocenters. The fourth-order valence-corrected chi connectivity index (χ4v) is 2.20. The first-order chi connectivity index (χ1) is 10.5. The van der Waals surface area contributed by atoms with Gasteiger partial charge in [0.2, 0.25) is 0 Å². The number of alkyl halides is 2. The van der Waals surface area contributed by atoms with Gasteiger partial charge >= 0.3 is 6.61 Å². The largest absolute Gasteiger partial charge is 0.434 e. The number of halogens is 4. The summed E-state index contributed by atoms with van der Waals surface area (Å²) in [6.07, 6.45) is 0.929. The van der Waals surface area contributed by atoms with Gasteiger partial charge in [-0.2, -0.15) is 8.78 Å². The first-order valence-electron chi connectivity index (χ1n) is 6.69. The van der Waals surface area contributed by atoms with Crippen molar-refractivity contribution in [3.05, 3.63) is 64.7 Å². The minimum atomic E-state index is -2.91. The van der Waals surface area contributed by atoms with Crippen LogP contribution in [0.3, 0.4) is 0 Å². The van der Waals surface area contributed by atoms with Crippen LogP contribution in [0.25, 0.3) is 0 Å². The van der Waals surface area contributed by atoms with E-state index in [1.165, 1.54) is 18.2 Å². The van der Waals surface area contributed by atoms with Gasteiger partial charge in [-0.05, 0) is 42.2 Å². The Morgan fingerprint density at radius 1 is 0.909 bits per heavy atom. The van der Waals surface area contributed by atoms with Gasteiger partial charge in [0.15, 0.2) is 0 Å². The van der Waals surface area contributed by atoms with E-state index in [4.69, 9.17) is 5.73 Å². The van der Waals surface area contributed by atoms with E-state index in [1.54, 1.807) is 12.1 Å². The molecule has 0 saturated carbocycles. The van der Waals surface area contributed by atoms with Gasteiger partial charge in [0, 0.05) is 18.2 Å². The third-order valence-corrected chi connectivity index (χ3v) is 3.19. The van der Waals surface area contributed by atoms with Crippen molar-refractivity contribution in [2.45, 2.75) is 26.0 Å². The highest BCUT2D eigenvalue weighted by molar-refractivity contribution is 5.37. The quantitative estimate of drug-likeness (QED) is 0.823. The summed E-state index contributed by atoms with van der Waals surface area (Å²) >= 11 is 0. The average Bonchev–Trinajstić information content (AvgIpc) is 2.44. The van der Waals surface area contributed by atoms with Crippen LogP contribution in [0, 0.1) is 11.6 Å². The van der Waals surface area contributed by atoms with E-state index in [0.717, 1.165) is 11.6 Å². The number of hydrogen-bond acceptors (Lipinski definition) is 2. The Morgan fingerprint density at radius 2 is 1.55 bits per heavy atom. The van der Waals surface area contributed by atoms with Crippen molar-refractivity contribution in [3.63, 3.8) is 0 Å². The maximum atomic E-state index is 13.1. The summed E-state index contributed by atoms with van der Waals surface area (Å²) in [5.41, 5.74) is 7.33. The van der Waals surface area contributed by atoms with Crippen LogP contribution in [0.2, 0.25) is 0 Å². The SMILES string of the molecule is NCc1cc(CCc2cc(F)cc(F)c2)ccc1OC(F)F. The van der Waals surface area contributed by atoms with Crippen molar-refractivity contribution in [1.82, 2.24) is 0 Å². The number of hydrogen-bond donors (Lipinski definition) is 1. The highest BCUT2D eigenvalue weighted by Crippen LogP contribution is 2.23. The molecule has 22 heavy (non-hydrogen) atoms. The van der Waals surface area contributed by atoms with Crippen LogP contribution in [0.4, 0.5) is 17.6 Å². The molecule has 2 N–H and O–H groups in total. The number of benzene rings is 2. The van der Waals surface area contributed by atoms with Crippen molar-refractivity contribution in [2.24, 2.45) is 5.73 Å². The Morgan fingerprint density at radius 3 is 2.14 bits per heavy atom. The van der Waals surface area contributed by atoms with Crippen LogP contribution in [0.1, 0.15) is 16.7 Å². The van der Waals surface area contributed by atoms with Crippen molar-refractivity contribution < 1.29 is 22.3 Å². The lowest BCUT2D eigenvalue weighted by atomic mass is 10.0. The van der Waals surface area contributed by atoms with Gasteiger partial charge in [0.25, 0.3) is 0 Å². The molecular formula is C16H15F4NO. The van der Waals surface area contributed by atoms with Gasteiger partial charge in [-0.15, -0.1) is 0 Å². The standard InChI is InChI=1S/C16H15F4NO/c17-13-6-11(7-14(18)8-13)2-1-10-3-4-15(22-16(19)20)12(5-10)9-21/h3-8,16H,1-2,9,21H2. The van der Waals surface area contributed by atoms with Gasteiger partial charge in [-0.1, -0.05) is 12.1 Å². The van der Waals surface area contributed by atoms with Gasteiger partial charge in [-0.3, -0.25) is 0 Å². The van der Waals surface area contributed by atoms with Crippen LogP contribution in [0.15, 0.2) is 36.4 Å². The zero-order valence-electron chi connectivity index (χ0n) is 11.7. The molecule has 0 radical (unpaired) electrons. The summed E-state index contributed by atoms with van der Waals surface area (Å²) in [6.45, 7) is -2.85. The lowest BCUT2D eigenvalue weighted by Crippen LogP contribution is -2.07. The molecule has 118 valence electrons. The first kappa shape index (κ1) is 16.3. The molecule has 0 amide bonds. The van der Waals surface area contributed by atoms with Crippen molar-refractivity contribution in [1.29, 1.82) is 0 Å². The molecular weight excluding hydrogens is 298 g/mol. The molecule has 0 aliphatic heterocycles. The Hall–Kier alpha value is -2.08. The molecule has 0 saturated heterocycles. The number of rotatable bonds is 6. The van der Waals surface area contributed by atoms with Crippen LogP contribution in [-0.4, -0.2) is 6.61 Å². The number of nitrogens with two attached hydrogens (primary N) is 1. The molecule has 2 aromatic carbocycles. The van der Waals surface area contributed by atoms with Crippen molar-refractivity contribution in [2.75, 3.05) is 0 Å². The zero-order chi connectivity index (χ0) is 16.1. The lowest BCUT2D eigenvalue weighted by molar-refractivity contribution is -0.0504. The van der Waals surface area contributed by atoms with Crippen LogP contribution in [0.5, 0.6) is 5.75 Å². The third-order valence-electron chi connectivity index (χ3n) is 3.19. The predicted molar refractivity (Wildman–Crippen MR) is 74.7 cm³/mol. The smallest absolute Gasteiger partial charge is 0.387 e. The van der Waals surface area contributed by atoms with E-state index in [-0.39, 0.29) is 12.3 Å². The lowest BCUT2D eigenvalue weighted by Gasteiger charge is -2.11. The molecule has 0 aliphatic rings. The normalized spacial score (nSPS) is 11.0. The van der Waals surface area contributed by atoms with Crippen molar-refractivity contribution in [3.8, 4) is 5.75 Å². The number of ether oxygens (including phenoxy) is 1. The Labute approximate surface area is 125 Å². The second-order valence-electron chi connectivity index (χ2n) is 4.80. The zero-order valence-corrected chi connectivity index (χ0v) is 11.7. The van der Waals surface area contributed by atoms with Gasteiger partial charge in [-0.25, -0.2) is 8.78 Å². The monoisotopic (exact) mass is 313 g/mol. The van der Waals surface area contributed by atoms with Crippen LogP contribution in [-0.2, 0) is 19.4 Å². The maximum Gasteiger partial charge on any atom is 0.387 e. The van der Waals surface area contributed by atoms with Crippen molar-refractivity contribution >= 4 is 0 Å². The molecule has 0 aliphatic carbocycles. The first-order valence-corrected chi connectivity index (χ1v) is 6.69. The molecule has 2 rings (SSSR count). The van der Waals surface area contributed by atoms with Crippen LogP contribution >= 0.6 is 0 Å². The third kappa shape index (κ3) is 4.46. The second kappa shape index (κ2) is 7.26. The van der Waals surface area contributed by atoms with Gasteiger partial charge < -0.3 is 10.5 Å². The molecule has 0 heterocycles. The molecule has 2 aromatic rings. The molecule has 6 heteroatoms. The van der Waals surface area contributed by atoms with E-state index < -0.39 is 18.2 Å². The van der Waals surface area contributed by atoms with Crippen LogP contribution < -0.4 is 10.5 Å². The summed E-state index contributed by atoms with van der Waals surface area (Å²) in [5.74, 6) is -1.21. The fourth-order valence-electron chi connectivity index (χ4n) is 2.20. The Bertz CT molecular complexity index is 626. The average molecular weight is 313 g/mol. The Balaban J connectivity index is 2.09. The highest BCUT2D eigenvalue weighted by Gasteiger charge is 2.10. The maximum absolute atomic E-state index is 13.1. The van der Waals surface area contributed by atoms with E-state index in [2.05, 4.69) is 4.74 Å². The summed E-state index contributed by atoms with van der Waals surface area (Å²) in [6, 6.07) is 8.06. The Kier molecular flexibility index (Phi) is 5.38. The molecule has 0 aromatic heterocycles. The summed E-state index contributed by atoms with van der Waals surface area (Å²) in [5, 5.41) is 0. The molecule has 0 bridgehead atoms. The minimum absolute atomic E-state index is 0.0399. The molecule has 2 nitrogen and oxygen atoms in total. The van der Waals surface area contributed by atoms with E-state index >= 15 is 0 Å². The van der Waals surface area contributed by atoms with E-state index in [1.807, 2.05) is 0 Å². The van der Waals surface area contributed by atoms with Gasteiger partial charge in [0.1, 0.15) is 17.4 Å². The van der Waals surface area contributed by atoms with Gasteiger partial charge in [0.05, 0.1) is 0 Å². The molecule has 0 fully saturated rings. The van der Waals surface area contributed by atoms with E-state index in [9.17, 15) is 17.6 Å². The highest BCUT2D eigenvalue weighted by atomic mass is 19.3. The fraction of sp³-hybridized carbons (Fsp3) is 0.250. The number of aryl methyl sites for hydroxylation is 2. The summed E-state index contributed by atoms with van der Waals surface area (Å²) in [4.78, 5) is 0.